The lowest BCUT2D eigenvalue weighted by Crippen LogP contribution is -2.10. The Morgan fingerprint density at radius 1 is 1.45 bits per heavy atom. The van der Waals surface area contributed by atoms with Crippen LogP contribution in [-0.4, -0.2) is 12.6 Å². The van der Waals surface area contributed by atoms with Gasteiger partial charge in [0.05, 0.1) is 12.2 Å². The molecule has 1 aromatic heterocycles. The fourth-order valence-corrected chi connectivity index (χ4v) is 2.64. The molecule has 4 nitrogen and oxygen atoms in total. The zero-order valence-corrected chi connectivity index (χ0v) is 12.4. The highest BCUT2D eigenvalue weighted by molar-refractivity contribution is 7.07. The number of carbonyl (C=O) groups is 1. The average molecular weight is 290 g/mol. The van der Waals surface area contributed by atoms with Crippen molar-refractivity contribution < 1.29 is 9.53 Å². The van der Waals surface area contributed by atoms with Gasteiger partial charge in [-0.05, 0) is 54.4 Å². The minimum Gasteiger partial charge on any atom is -0.462 e. The molecule has 20 heavy (non-hydrogen) atoms. The van der Waals surface area contributed by atoms with Crippen LogP contribution in [0.3, 0.4) is 0 Å². The summed E-state index contributed by atoms with van der Waals surface area (Å²) in [6, 6.07) is 7.55. The summed E-state index contributed by atoms with van der Waals surface area (Å²) in [6.45, 7) is 4.18. The minimum atomic E-state index is -0.392. The highest BCUT2D eigenvalue weighted by Gasteiger charge is 2.13. The van der Waals surface area contributed by atoms with Crippen LogP contribution in [0.4, 0.5) is 11.4 Å². The quantitative estimate of drug-likeness (QED) is 0.651. The van der Waals surface area contributed by atoms with E-state index in [-0.39, 0.29) is 6.04 Å². The SMILES string of the molecule is CCOC(=O)c1cc(NC(C)c2ccsc2)ccc1N. The van der Waals surface area contributed by atoms with Gasteiger partial charge in [-0.1, -0.05) is 0 Å². The molecule has 0 spiro atoms. The molecule has 1 heterocycles. The van der Waals surface area contributed by atoms with E-state index < -0.39 is 5.97 Å². The van der Waals surface area contributed by atoms with Gasteiger partial charge >= 0.3 is 5.97 Å². The third kappa shape index (κ3) is 3.30. The van der Waals surface area contributed by atoms with Crippen LogP contribution >= 0.6 is 11.3 Å². The molecule has 0 saturated heterocycles. The first-order valence-corrected chi connectivity index (χ1v) is 7.41. The highest BCUT2D eigenvalue weighted by Crippen LogP contribution is 2.24. The first-order valence-electron chi connectivity index (χ1n) is 6.47. The molecule has 0 aliphatic heterocycles. The Morgan fingerprint density at radius 3 is 2.90 bits per heavy atom. The molecule has 2 rings (SSSR count). The molecular formula is C15H18N2O2S. The molecule has 3 N–H and O–H groups in total. The Balaban J connectivity index is 2.17. The van der Waals surface area contributed by atoms with E-state index in [1.54, 1.807) is 30.4 Å². The summed E-state index contributed by atoms with van der Waals surface area (Å²) in [5.41, 5.74) is 8.71. The predicted octanol–water partition coefficient (Wildman–Crippen LogP) is 3.68. The normalized spacial score (nSPS) is 11.9. The van der Waals surface area contributed by atoms with Crippen LogP contribution in [0.2, 0.25) is 0 Å². The van der Waals surface area contributed by atoms with E-state index in [9.17, 15) is 4.79 Å². The summed E-state index contributed by atoms with van der Waals surface area (Å²) in [6.07, 6.45) is 0. The number of carbonyl (C=O) groups excluding carboxylic acids is 1. The second-order valence-corrected chi connectivity index (χ2v) is 5.23. The number of esters is 1. The number of nitrogens with one attached hydrogen (secondary N) is 1. The maximum Gasteiger partial charge on any atom is 0.340 e. The van der Waals surface area contributed by atoms with Crippen molar-refractivity contribution in [2.45, 2.75) is 19.9 Å². The first-order chi connectivity index (χ1) is 9.61. The second kappa shape index (κ2) is 6.43. The molecule has 0 fully saturated rings. The van der Waals surface area contributed by atoms with Crippen molar-refractivity contribution >= 4 is 28.7 Å². The molecule has 0 saturated carbocycles. The third-order valence-electron chi connectivity index (χ3n) is 2.97. The van der Waals surface area contributed by atoms with Crippen molar-refractivity contribution in [2.24, 2.45) is 0 Å². The highest BCUT2D eigenvalue weighted by atomic mass is 32.1. The summed E-state index contributed by atoms with van der Waals surface area (Å²) < 4.78 is 5.00. The van der Waals surface area contributed by atoms with E-state index in [2.05, 4.69) is 23.7 Å². The number of nitrogen functional groups attached to an aromatic ring is 1. The van der Waals surface area contributed by atoms with Crippen LogP contribution in [-0.2, 0) is 4.74 Å². The van der Waals surface area contributed by atoms with E-state index in [0.29, 0.717) is 17.9 Å². The van der Waals surface area contributed by atoms with Crippen molar-refractivity contribution in [1.82, 2.24) is 0 Å². The van der Waals surface area contributed by atoms with Crippen molar-refractivity contribution in [1.29, 1.82) is 0 Å². The van der Waals surface area contributed by atoms with Gasteiger partial charge in [0, 0.05) is 17.4 Å². The number of rotatable bonds is 5. The molecule has 1 unspecified atom stereocenters. The lowest BCUT2D eigenvalue weighted by molar-refractivity contribution is 0.0527. The zero-order chi connectivity index (χ0) is 14.5. The fourth-order valence-electron chi connectivity index (χ4n) is 1.89. The van der Waals surface area contributed by atoms with E-state index in [1.807, 2.05) is 11.4 Å². The number of nitrogens with two attached hydrogens (primary N) is 1. The maximum absolute atomic E-state index is 11.8. The Bertz CT molecular complexity index is 582. The molecule has 106 valence electrons. The topological polar surface area (TPSA) is 64.3 Å². The van der Waals surface area contributed by atoms with Crippen LogP contribution in [0.15, 0.2) is 35.0 Å². The number of thiophene rings is 1. The van der Waals surface area contributed by atoms with Gasteiger partial charge in [-0.25, -0.2) is 4.79 Å². The second-order valence-electron chi connectivity index (χ2n) is 4.45. The summed E-state index contributed by atoms with van der Waals surface area (Å²) in [5, 5.41) is 7.49. The summed E-state index contributed by atoms with van der Waals surface area (Å²) in [4.78, 5) is 11.8. The first kappa shape index (κ1) is 14.4. The number of ether oxygens (including phenoxy) is 1. The molecule has 0 aliphatic rings. The Kier molecular flexibility index (Phi) is 4.63. The van der Waals surface area contributed by atoms with Crippen LogP contribution in [0.5, 0.6) is 0 Å². The van der Waals surface area contributed by atoms with Crippen LogP contribution in [0, 0.1) is 0 Å². The standard InChI is InChI=1S/C15H18N2O2S/c1-3-19-15(18)13-8-12(4-5-14(13)16)17-10(2)11-6-7-20-9-11/h4-10,17H,3,16H2,1-2H3. The molecule has 0 radical (unpaired) electrons. The van der Waals surface area contributed by atoms with Gasteiger partial charge in [0.1, 0.15) is 0 Å². The van der Waals surface area contributed by atoms with Crippen molar-refractivity contribution in [3.05, 3.63) is 46.2 Å². The van der Waals surface area contributed by atoms with Crippen molar-refractivity contribution in [3.63, 3.8) is 0 Å². The van der Waals surface area contributed by atoms with Crippen LogP contribution in [0.25, 0.3) is 0 Å². The molecule has 1 aromatic carbocycles. The Hall–Kier alpha value is -2.01. The van der Waals surface area contributed by atoms with Gasteiger partial charge < -0.3 is 15.8 Å². The van der Waals surface area contributed by atoms with Crippen LogP contribution < -0.4 is 11.1 Å². The Labute approximate surface area is 122 Å². The Morgan fingerprint density at radius 2 is 2.25 bits per heavy atom. The van der Waals surface area contributed by atoms with E-state index in [0.717, 1.165) is 5.69 Å². The maximum atomic E-state index is 11.8. The number of benzene rings is 1. The van der Waals surface area contributed by atoms with Gasteiger partial charge in [-0.3, -0.25) is 0 Å². The van der Waals surface area contributed by atoms with Gasteiger partial charge in [0.15, 0.2) is 0 Å². The third-order valence-corrected chi connectivity index (χ3v) is 3.68. The molecule has 2 aromatic rings. The summed E-state index contributed by atoms with van der Waals surface area (Å²) >= 11 is 1.66. The van der Waals surface area contributed by atoms with Crippen LogP contribution in [0.1, 0.15) is 35.8 Å². The lowest BCUT2D eigenvalue weighted by atomic mass is 10.1. The summed E-state index contributed by atoms with van der Waals surface area (Å²) in [7, 11) is 0. The van der Waals surface area contributed by atoms with Crippen molar-refractivity contribution in [2.75, 3.05) is 17.7 Å². The number of anilines is 2. The molecule has 0 amide bonds. The lowest BCUT2D eigenvalue weighted by Gasteiger charge is -2.15. The van der Waals surface area contributed by atoms with Crippen molar-refractivity contribution in [3.8, 4) is 0 Å². The molecular weight excluding hydrogens is 272 g/mol. The van der Waals surface area contributed by atoms with Gasteiger partial charge in [-0.15, -0.1) is 0 Å². The minimum absolute atomic E-state index is 0.167. The zero-order valence-electron chi connectivity index (χ0n) is 11.6. The monoisotopic (exact) mass is 290 g/mol. The predicted molar refractivity (Wildman–Crippen MR) is 83.2 cm³/mol. The van der Waals surface area contributed by atoms with E-state index >= 15 is 0 Å². The van der Waals surface area contributed by atoms with E-state index in [1.165, 1.54) is 5.56 Å². The molecule has 1 atom stereocenters. The van der Waals surface area contributed by atoms with Gasteiger partial charge in [0.2, 0.25) is 0 Å². The molecule has 0 aliphatic carbocycles. The van der Waals surface area contributed by atoms with Gasteiger partial charge in [0.25, 0.3) is 0 Å². The van der Waals surface area contributed by atoms with E-state index in [4.69, 9.17) is 10.5 Å². The number of hydrogen-bond acceptors (Lipinski definition) is 5. The summed E-state index contributed by atoms with van der Waals surface area (Å²) in [5.74, 6) is -0.392. The number of hydrogen-bond donors (Lipinski definition) is 2. The smallest absolute Gasteiger partial charge is 0.340 e. The molecule has 5 heteroatoms. The fraction of sp³-hybridized carbons (Fsp3) is 0.267. The molecule has 0 bridgehead atoms. The van der Waals surface area contributed by atoms with Gasteiger partial charge in [-0.2, -0.15) is 11.3 Å². The average Bonchev–Trinajstić information content (AvgIpc) is 2.95. The largest absolute Gasteiger partial charge is 0.462 e.